The number of hydrogen-bond donors (Lipinski definition) is 1. The van der Waals surface area contributed by atoms with Crippen molar-refractivity contribution in [3.05, 3.63) is 0 Å². The van der Waals surface area contributed by atoms with Crippen molar-refractivity contribution in [2.24, 2.45) is 0 Å². The zero-order valence-electron chi connectivity index (χ0n) is 14.3. The van der Waals surface area contributed by atoms with Crippen molar-refractivity contribution in [2.45, 2.75) is 97.3 Å². The summed E-state index contributed by atoms with van der Waals surface area (Å²) in [5.74, 6) is 0. The second-order valence-electron chi connectivity index (χ2n) is 6.08. The summed E-state index contributed by atoms with van der Waals surface area (Å²) in [5.41, 5.74) is 0. The summed E-state index contributed by atoms with van der Waals surface area (Å²) >= 11 is 0. The van der Waals surface area contributed by atoms with E-state index in [1.165, 1.54) is 51.4 Å². The maximum absolute atomic E-state index is 11.7. The van der Waals surface area contributed by atoms with E-state index in [0.717, 1.165) is 32.1 Å². The van der Waals surface area contributed by atoms with E-state index in [-0.39, 0.29) is 0 Å². The Kier molecular flexibility index (Phi) is 15.2. The molecular weight excluding hydrogens is 283 g/mol. The Bertz CT molecular complexity index is 256. The lowest BCUT2D eigenvalue weighted by Crippen LogP contribution is -1.97. The molecule has 0 aliphatic heterocycles. The van der Waals surface area contributed by atoms with Gasteiger partial charge in [-0.2, -0.15) is 0 Å². The van der Waals surface area contributed by atoms with Crippen LogP contribution in [0, 0.1) is 0 Å². The van der Waals surface area contributed by atoms with E-state index in [1.54, 1.807) is 0 Å². The Morgan fingerprint density at radius 3 is 1.67 bits per heavy atom. The average Bonchev–Trinajstić information content (AvgIpc) is 2.45. The summed E-state index contributed by atoms with van der Waals surface area (Å²) in [5, 5.41) is 0. The fraction of sp³-hybridized carbons (Fsp3) is 1.00. The van der Waals surface area contributed by atoms with E-state index in [9.17, 15) is 9.46 Å². The summed E-state index contributed by atoms with van der Waals surface area (Å²) in [6, 6.07) is 0. The smallest absolute Gasteiger partial charge is 0.324 e. The number of hydrogen-bond acceptors (Lipinski definition) is 2. The molecule has 128 valence electrons. The molecule has 0 bridgehead atoms. The molecule has 4 heteroatoms. The van der Waals surface area contributed by atoms with Gasteiger partial charge < -0.3 is 9.42 Å². The minimum absolute atomic E-state index is 0.329. The van der Waals surface area contributed by atoms with E-state index in [2.05, 4.69) is 13.8 Å². The van der Waals surface area contributed by atoms with E-state index >= 15 is 0 Å². The van der Waals surface area contributed by atoms with Crippen molar-refractivity contribution in [3.8, 4) is 0 Å². The SMILES string of the molecule is CCCCCCCCCCCCP(=O)(O)OCCCCC. The van der Waals surface area contributed by atoms with Gasteiger partial charge in [0.25, 0.3) is 0 Å². The van der Waals surface area contributed by atoms with E-state index in [0.29, 0.717) is 12.8 Å². The highest BCUT2D eigenvalue weighted by molar-refractivity contribution is 7.52. The van der Waals surface area contributed by atoms with Crippen molar-refractivity contribution in [2.75, 3.05) is 12.8 Å². The molecule has 0 aromatic heterocycles. The first-order chi connectivity index (χ1) is 10.1. The van der Waals surface area contributed by atoms with Gasteiger partial charge in [-0.3, -0.25) is 4.57 Å². The average molecular weight is 320 g/mol. The van der Waals surface area contributed by atoms with Crippen LogP contribution in [-0.4, -0.2) is 17.7 Å². The standard InChI is InChI=1S/C17H37O3P/c1-3-5-7-8-9-10-11-12-13-15-17-21(18,19)20-16-14-6-4-2/h3-17H2,1-2H3,(H,18,19). The van der Waals surface area contributed by atoms with Crippen molar-refractivity contribution in [1.82, 2.24) is 0 Å². The Balaban J connectivity index is 3.30. The lowest BCUT2D eigenvalue weighted by Gasteiger charge is -2.11. The quantitative estimate of drug-likeness (QED) is 0.268. The Morgan fingerprint density at radius 1 is 0.714 bits per heavy atom. The van der Waals surface area contributed by atoms with Crippen LogP contribution in [0.1, 0.15) is 97.3 Å². The molecule has 0 radical (unpaired) electrons. The van der Waals surface area contributed by atoms with E-state index in [1.807, 2.05) is 0 Å². The maximum atomic E-state index is 11.7. The van der Waals surface area contributed by atoms with Crippen LogP contribution in [0.2, 0.25) is 0 Å². The third-order valence-corrected chi connectivity index (χ3v) is 5.30. The van der Waals surface area contributed by atoms with Crippen molar-refractivity contribution in [1.29, 1.82) is 0 Å². The fourth-order valence-corrected chi connectivity index (χ4v) is 3.59. The van der Waals surface area contributed by atoms with Crippen molar-refractivity contribution >= 4 is 7.60 Å². The van der Waals surface area contributed by atoms with Crippen LogP contribution in [0.25, 0.3) is 0 Å². The molecule has 21 heavy (non-hydrogen) atoms. The first kappa shape index (κ1) is 21.1. The van der Waals surface area contributed by atoms with Crippen LogP contribution in [0.5, 0.6) is 0 Å². The molecule has 0 saturated carbocycles. The third kappa shape index (κ3) is 16.3. The van der Waals surface area contributed by atoms with Gasteiger partial charge in [0.05, 0.1) is 6.61 Å². The molecule has 0 aromatic rings. The molecule has 0 rings (SSSR count). The molecule has 1 N–H and O–H groups in total. The predicted octanol–water partition coefficient (Wildman–Crippen LogP) is 6.30. The lowest BCUT2D eigenvalue weighted by molar-refractivity contribution is 0.252. The van der Waals surface area contributed by atoms with Gasteiger partial charge >= 0.3 is 7.60 Å². The van der Waals surface area contributed by atoms with Crippen LogP contribution in [0.4, 0.5) is 0 Å². The van der Waals surface area contributed by atoms with Crippen LogP contribution >= 0.6 is 7.60 Å². The molecule has 0 aliphatic rings. The van der Waals surface area contributed by atoms with Gasteiger partial charge in [-0.05, 0) is 12.8 Å². The molecule has 0 heterocycles. The molecule has 1 unspecified atom stereocenters. The van der Waals surface area contributed by atoms with Crippen molar-refractivity contribution < 1.29 is 14.0 Å². The lowest BCUT2D eigenvalue weighted by atomic mass is 10.1. The summed E-state index contributed by atoms with van der Waals surface area (Å²) in [6.45, 7) is 4.79. The van der Waals surface area contributed by atoms with Gasteiger partial charge in [-0.25, -0.2) is 0 Å². The largest absolute Gasteiger partial charge is 0.328 e. The van der Waals surface area contributed by atoms with E-state index < -0.39 is 7.60 Å². The highest BCUT2D eigenvalue weighted by Crippen LogP contribution is 2.43. The second kappa shape index (κ2) is 15.1. The predicted molar refractivity (Wildman–Crippen MR) is 92.0 cm³/mol. The third-order valence-electron chi connectivity index (χ3n) is 3.84. The minimum Gasteiger partial charge on any atom is -0.324 e. The number of unbranched alkanes of at least 4 members (excludes halogenated alkanes) is 11. The van der Waals surface area contributed by atoms with Gasteiger partial charge in [0, 0.05) is 6.16 Å². The minimum atomic E-state index is -3.31. The zero-order valence-corrected chi connectivity index (χ0v) is 15.2. The van der Waals surface area contributed by atoms with Gasteiger partial charge in [0.1, 0.15) is 0 Å². The molecule has 1 atom stereocenters. The summed E-state index contributed by atoms with van der Waals surface area (Å²) in [4.78, 5) is 9.67. The zero-order chi connectivity index (χ0) is 15.8. The second-order valence-corrected chi connectivity index (χ2v) is 8.06. The Hall–Kier alpha value is 0.150. The van der Waals surface area contributed by atoms with Crippen LogP contribution in [-0.2, 0) is 9.09 Å². The van der Waals surface area contributed by atoms with Gasteiger partial charge in [0.2, 0.25) is 0 Å². The topological polar surface area (TPSA) is 46.5 Å². The van der Waals surface area contributed by atoms with E-state index in [4.69, 9.17) is 4.52 Å². The number of rotatable bonds is 16. The molecule has 3 nitrogen and oxygen atoms in total. The molecule has 0 saturated heterocycles. The van der Waals surface area contributed by atoms with Gasteiger partial charge in [-0.1, -0.05) is 84.5 Å². The Labute approximate surface area is 132 Å². The highest BCUT2D eigenvalue weighted by Gasteiger charge is 2.17. The summed E-state index contributed by atoms with van der Waals surface area (Å²) in [6.07, 6.45) is 15.8. The van der Waals surface area contributed by atoms with Crippen LogP contribution in [0.15, 0.2) is 0 Å². The molecular formula is C17H37O3P. The fourth-order valence-electron chi connectivity index (χ4n) is 2.42. The van der Waals surface area contributed by atoms with Crippen molar-refractivity contribution in [3.63, 3.8) is 0 Å². The molecule has 0 spiro atoms. The monoisotopic (exact) mass is 320 g/mol. The summed E-state index contributed by atoms with van der Waals surface area (Å²) in [7, 11) is -3.31. The van der Waals surface area contributed by atoms with Gasteiger partial charge in [0.15, 0.2) is 0 Å². The molecule has 0 amide bonds. The van der Waals surface area contributed by atoms with Crippen LogP contribution < -0.4 is 0 Å². The molecule has 0 aromatic carbocycles. The molecule has 0 aliphatic carbocycles. The first-order valence-electron chi connectivity index (χ1n) is 9.08. The Morgan fingerprint density at radius 2 is 1.14 bits per heavy atom. The first-order valence-corrected chi connectivity index (χ1v) is 10.8. The maximum Gasteiger partial charge on any atom is 0.328 e. The molecule has 0 fully saturated rings. The highest BCUT2D eigenvalue weighted by atomic mass is 31.2. The normalized spacial score (nSPS) is 14.2. The summed E-state index contributed by atoms with van der Waals surface area (Å²) < 4.78 is 16.9. The van der Waals surface area contributed by atoms with Crippen LogP contribution in [0.3, 0.4) is 0 Å². The van der Waals surface area contributed by atoms with Gasteiger partial charge in [-0.15, -0.1) is 0 Å².